The smallest absolute Gasteiger partial charge is 0.338 e. The van der Waals surface area contributed by atoms with Gasteiger partial charge in [-0.3, -0.25) is 4.79 Å². The van der Waals surface area contributed by atoms with E-state index < -0.39 is 5.97 Å². The van der Waals surface area contributed by atoms with E-state index in [-0.39, 0.29) is 12.5 Å². The number of hydrogen-bond acceptors (Lipinski definition) is 4. The van der Waals surface area contributed by atoms with Gasteiger partial charge in [0.15, 0.2) is 6.61 Å². The van der Waals surface area contributed by atoms with Gasteiger partial charge in [0.1, 0.15) is 0 Å². The van der Waals surface area contributed by atoms with Crippen molar-refractivity contribution >= 4 is 17.6 Å². The Morgan fingerprint density at radius 1 is 1.00 bits per heavy atom. The average molecular weight is 377 g/mol. The van der Waals surface area contributed by atoms with Crippen LogP contribution in [0.2, 0.25) is 0 Å². The molecule has 6 nitrogen and oxygen atoms in total. The van der Waals surface area contributed by atoms with Crippen LogP contribution in [0.1, 0.15) is 32.7 Å². The summed E-state index contributed by atoms with van der Waals surface area (Å²) in [5.41, 5.74) is 6.06. The van der Waals surface area contributed by atoms with Gasteiger partial charge in [0.05, 0.1) is 11.3 Å². The van der Waals surface area contributed by atoms with Crippen LogP contribution in [-0.2, 0) is 9.53 Å². The summed E-state index contributed by atoms with van der Waals surface area (Å²) in [6.45, 7) is 7.48. The Kier molecular flexibility index (Phi) is 5.59. The number of hydrogen-bond donors (Lipinski definition) is 1. The molecule has 0 atom stereocenters. The molecule has 1 heterocycles. The summed E-state index contributed by atoms with van der Waals surface area (Å²) in [6.07, 6.45) is 1.72. The summed E-state index contributed by atoms with van der Waals surface area (Å²) in [7, 11) is 0. The van der Waals surface area contributed by atoms with E-state index >= 15 is 0 Å². The topological polar surface area (TPSA) is 73.2 Å². The van der Waals surface area contributed by atoms with Gasteiger partial charge in [0.2, 0.25) is 0 Å². The SMILES string of the molecule is Cc1cc(C)c(NC(=O)COC(=O)c2ccc(-n3nccc3C)cc2)c(C)c1. The Bertz CT molecular complexity index is 997. The lowest BCUT2D eigenvalue weighted by Gasteiger charge is -2.13. The number of esters is 1. The number of amides is 1. The molecule has 1 amide bonds. The summed E-state index contributed by atoms with van der Waals surface area (Å²) >= 11 is 0. The van der Waals surface area contributed by atoms with Crippen LogP contribution in [-0.4, -0.2) is 28.3 Å². The molecule has 0 fully saturated rings. The van der Waals surface area contributed by atoms with Crippen LogP contribution in [0.3, 0.4) is 0 Å². The molecule has 0 spiro atoms. The molecule has 28 heavy (non-hydrogen) atoms. The predicted molar refractivity (Wildman–Crippen MR) is 108 cm³/mol. The summed E-state index contributed by atoms with van der Waals surface area (Å²) in [5.74, 6) is -0.913. The highest BCUT2D eigenvalue weighted by atomic mass is 16.5. The molecule has 0 aliphatic carbocycles. The normalized spacial score (nSPS) is 10.6. The van der Waals surface area contributed by atoms with Crippen LogP contribution < -0.4 is 5.32 Å². The highest BCUT2D eigenvalue weighted by Crippen LogP contribution is 2.21. The van der Waals surface area contributed by atoms with Gasteiger partial charge in [-0.1, -0.05) is 17.7 Å². The molecule has 0 bridgehead atoms. The quantitative estimate of drug-likeness (QED) is 0.685. The maximum Gasteiger partial charge on any atom is 0.338 e. The van der Waals surface area contributed by atoms with E-state index in [1.807, 2.05) is 45.9 Å². The van der Waals surface area contributed by atoms with Crippen molar-refractivity contribution in [3.8, 4) is 5.69 Å². The Balaban J connectivity index is 1.59. The fraction of sp³-hybridized carbons (Fsp3) is 0.227. The third-order valence-electron chi connectivity index (χ3n) is 4.46. The average Bonchev–Trinajstić information content (AvgIpc) is 3.08. The van der Waals surface area contributed by atoms with E-state index in [9.17, 15) is 9.59 Å². The second-order valence-corrected chi connectivity index (χ2v) is 6.83. The van der Waals surface area contributed by atoms with Gasteiger partial charge in [0, 0.05) is 17.6 Å². The van der Waals surface area contributed by atoms with Crippen LogP contribution in [0.25, 0.3) is 5.69 Å². The number of aryl methyl sites for hydroxylation is 4. The van der Waals surface area contributed by atoms with Gasteiger partial charge in [-0.2, -0.15) is 5.10 Å². The highest BCUT2D eigenvalue weighted by Gasteiger charge is 2.13. The van der Waals surface area contributed by atoms with E-state index in [1.165, 1.54) is 0 Å². The molecule has 0 saturated heterocycles. The number of rotatable bonds is 5. The van der Waals surface area contributed by atoms with E-state index in [2.05, 4.69) is 10.4 Å². The number of ether oxygens (including phenoxy) is 1. The van der Waals surface area contributed by atoms with Crippen LogP contribution in [0.5, 0.6) is 0 Å². The number of nitrogens with one attached hydrogen (secondary N) is 1. The fourth-order valence-electron chi connectivity index (χ4n) is 3.15. The first-order valence-electron chi connectivity index (χ1n) is 9.01. The number of benzene rings is 2. The zero-order valence-corrected chi connectivity index (χ0v) is 16.4. The molecule has 1 N–H and O–H groups in total. The first-order valence-corrected chi connectivity index (χ1v) is 9.01. The minimum atomic E-state index is -0.545. The second kappa shape index (κ2) is 8.08. The first-order chi connectivity index (χ1) is 13.3. The number of carbonyl (C=O) groups is 2. The molecule has 3 aromatic rings. The molecule has 6 heteroatoms. The molecule has 144 valence electrons. The molecule has 2 aromatic carbocycles. The first kappa shape index (κ1) is 19.4. The zero-order chi connectivity index (χ0) is 20.3. The molecule has 1 aromatic heterocycles. The molecular formula is C22H23N3O3. The standard InChI is InChI=1S/C22H23N3O3/c1-14-11-15(2)21(16(3)12-14)24-20(26)13-28-22(27)18-5-7-19(8-6-18)25-17(4)9-10-23-25/h5-12H,13H2,1-4H3,(H,24,26). The van der Waals surface area contributed by atoms with E-state index in [4.69, 9.17) is 4.74 Å². The summed E-state index contributed by atoms with van der Waals surface area (Å²) in [4.78, 5) is 24.4. The fourth-order valence-corrected chi connectivity index (χ4v) is 3.15. The number of nitrogens with zero attached hydrogens (tertiary/aromatic N) is 2. The molecule has 0 aliphatic rings. The predicted octanol–water partition coefficient (Wildman–Crippen LogP) is 3.90. The highest BCUT2D eigenvalue weighted by molar-refractivity contribution is 5.96. The van der Waals surface area contributed by atoms with E-state index in [1.54, 1.807) is 35.1 Å². The lowest BCUT2D eigenvalue weighted by Crippen LogP contribution is -2.22. The van der Waals surface area contributed by atoms with Gasteiger partial charge in [0.25, 0.3) is 5.91 Å². The van der Waals surface area contributed by atoms with Gasteiger partial charge in [-0.15, -0.1) is 0 Å². The van der Waals surface area contributed by atoms with Crippen LogP contribution in [0, 0.1) is 27.7 Å². The summed E-state index contributed by atoms with van der Waals surface area (Å²) < 4.78 is 6.92. The Hall–Kier alpha value is -3.41. The van der Waals surface area contributed by atoms with Crippen LogP contribution in [0.4, 0.5) is 5.69 Å². The number of carbonyl (C=O) groups excluding carboxylic acids is 2. The van der Waals surface area contributed by atoms with Crippen molar-refractivity contribution in [1.29, 1.82) is 0 Å². The minimum Gasteiger partial charge on any atom is -0.452 e. The second-order valence-electron chi connectivity index (χ2n) is 6.83. The Morgan fingerprint density at radius 2 is 1.64 bits per heavy atom. The monoisotopic (exact) mass is 377 g/mol. The van der Waals surface area contributed by atoms with Crippen molar-refractivity contribution in [1.82, 2.24) is 9.78 Å². The van der Waals surface area contributed by atoms with Crippen molar-refractivity contribution in [3.63, 3.8) is 0 Å². The van der Waals surface area contributed by atoms with Crippen molar-refractivity contribution in [3.05, 3.63) is 76.6 Å². The third kappa shape index (κ3) is 4.28. The minimum absolute atomic E-state index is 0.342. The molecule has 0 unspecified atom stereocenters. The Morgan fingerprint density at radius 3 is 2.21 bits per heavy atom. The van der Waals surface area contributed by atoms with E-state index in [0.717, 1.165) is 33.8 Å². The zero-order valence-electron chi connectivity index (χ0n) is 16.4. The lowest BCUT2D eigenvalue weighted by molar-refractivity contribution is -0.119. The lowest BCUT2D eigenvalue weighted by atomic mass is 10.1. The van der Waals surface area contributed by atoms with Crippen molar-refractivity contribution < 1.29 is 14.3 Å². The number of aromatic nitrogens is 2. The Labute approximate surface area is 164 Å². The molecule has 3 rings (SSSR count). The maximum absolute atomic E-state index is 12.2. The molecular weight excluding hydrogens is 354 g/mol. The molecule has 0 radical (unpaired) electrons. The maximum atomic E-state index is 12.2. The summed E-state index contributed by atoms with van der Waals surface area (Å²) in [6, 6.07) is 12.8. The number of anilines is 1. The van der Waals surface area contributed by atoms with Crippen molar-refractivity contribution in [2.45, 2.75) is 27.7 Å². The molecule has 0 aliphatic heterocycles. The van der Waals surface area contributed by atoms with Gasteiger partial charge < -0.3 is 10.1 Å². The third-order valence-corrected chi connectivity index (χ3v) is 4.46. The van der Waals surface area contributed by atoms with Crippen LogP contribution in [0.15, 0.2) is 48.7 Å². The van der Waals surface area contributed by atoms with E-state index in [0.29, 0.717) is 5.56 Å². The van der Waals surface area contributed by atoms with Gasteiger partial charge in [-0.25, -0.2) is 9.48 Å². The largest absolute Gasteiger partial charge is 0.452 e. The summed E-state index contributed by atoms with van der Waals surface area (Å²) in [5, 5.41) is 7.05. The van der Waals surface area contributed by atoms with Crippen molar-refractivity contribution in [2.24, 2.45) is 0 Å². The van der Waals surface area contributed by atoms with Crippen molar-refractivity contribution in [2.75, 3.05) is 11.9 Å². The molecule has 0 saturated carbocycles. The van der Waals surface area contributed by atoms with Gasteiger partial charge in [-0.05, 0) is 69.2 Å². The van der Waals surface area contributed by atoms with Crippen LogP contribution >= 0.6 is 0 Å². The van der Waals surface area contributed by atoms with Gasteiger partial charge >= 0.3 is 5.97 Å².